The molecule has 1 amide bonds. The summed E-state index contributed by atoms with van der Waals surface area (Å²) in [6, 6.07) is 4.62. The van der Waals surface area contributed by atoms with E-state index in [0.717, 1.165) is 12.1 Å². The van der Waals surface area contributed by atoms with E-state index in [2.05, 4.69) is 24.1 Å². The highest BCUT2D eigenvalue weighted by Crippen LogP contribution is 2.14. The number of hydrogen-bond acceptors (Lipinski definition) is 3. The summed E-state index contributed by atoms with van der Waals surface area (Å²) in [5.41, 5.74) is 1.09. The zero-order valence-corrected chi connectivity index (χ0v) is 10.4. The number of likely N-dealkylation sites (tertiary alicyclic amines) is 1. The fraction of sp³-hybridized carbons (Fsp3) is 0.538. The maximum absolute atomic E-state index is 11.8. The second kappa shape index (κ2) is 5.27. The Morgan fingerprint density at radius 1 is 1.59 bits per heavy atom. The van der Waals surface area contributed by atoms with Gasteiger partial charge < -0.3 is 10.2 Å². The fourth-order valence-corrected chi connectivity index (χ4v) is 2.22. The predicted octanol–water partition coefficient (Wildman–Crippen LogP) is 1.18. The number of nitrogens with one attached hydrogen (secondary N) is 1. The average molecular weight is 233 g/mol. The Bertz CT molecular complexity index is 378. The van der Waals surface area contributed by atoms with E-state index in [1.54, 1.807) is 6.20 Å². The lowest BCUT2D eigenvalue weighted by Crippen LogP contribution is -2.36. The number of carbonyl (C=O) groups is 1. The summed E-state index contributed by atoms with van der Waals surface area (Å²) in [7, 11) is 0. The van der Waals surface area contributed by atoms with Crippen molar-refractivity contribution < 1.29 is 4.79 Å². The molecule has 1 aromatic heterocycles. The molecule has 0 radical (unpaired) electrons. The maximum atomic E-state index is 11.8. The molecule has 17 heavy (non-hydrogen) atoms. The Balaban J connectivity index is 1.92. The SMILES string of the molecule is CC(C)NC1CC(=O)N(Cc2cccnc2)C1. The summed E-state index contributed by atoms with van der Waals surface area (Å²) in [4.78, 5) is 17.8. The highest BCUT2D eigenvalue weighted by molar-refractivity contribution is 5.79. The van der Waals surface area contributed by atoms with Crippen molar-refractivity contribution in [2.45, 2.75) is 38.9 Å². The van der Waals surface area contributed by atoms with E-state index in [1.165, 1.54) is 0 Å². The van der Waals surface area contributed by atoms with Crippen LogP contribution in [0.3, 0.4) is 0 Å². The molecule has 0 aromatic carbocycles. The van der Waals surface area contributed by atoms with Gasteiger partial charge in [-0.05, 0) is 11.6 Å². The number of carbonyl (C=O) groups excluding carboxylic acids is 1. The monoisotopic (exact) mass is 233 g/mol. The van der Waals surface area contributed by atoms with Crippen LogP contribution in [-0.4, -0.2) is 34.4 Å². The van der Waals surface area contributed by atoms with Crippen LogP contribution in [-0.2, 0) is 11.3 Å². The van der Waals surface area contributed by atoms with E-state index in [4.69, 9.17) is 0 Å². The fourth-order valence-electron chi connectivity index (χ4n) is 2.22. The average Bonchev–Trinajstić information content (AvgIpc) is 2.59. The predicted molar refractivity (Wildman–Crippen MR) is 66.3 cm³/mol. The van der Waals surface area contributed by atoms with Gasteiger partial charge in [0, 0.05) is 44.0 Å². The summed E-state index contributed by atoms with van der Waals surface area (Å²) < 4.78 is 0. The van der Waals surface area contributed by atoms with Crippen LogP contribution in [0.25, 0.3) is 0 Å². The molecule has 0 spiro atoms. The summed E-state index contributed by atoms with van der Waals surface area (Å²) in [5, 5.41) is 3.41. The first-order chi connectivity index (χ1) is 8.15. The quantitative estimate of drug-likeness (QED) is 0.849. The molecule has 1 atom stereocenters. The summed E-state index contributed by atoms with van der Waals surface area (Å²) in [6.45, 7) is 5.68. The van der Waals surface area contributed by atoms with Crippen LogP contribution in [0.1, 0.15) is 25.8 Å². The maximum Gasteiger partial charge on any atom is 0.224 e. The number of pyridine rings is 1. The van der Waals surface area contributed by atoms with Crippen LogP contribution in [0, 0.1) is 0 Å². The lowest BCUT2D eigenvalue weighted by atomic mass is 10.2. The Hall–Kier alpha value is -1.42. The van der Waals surface area contributed by atoms with E-state index >= 15 is 0 Å². The molecule has 4 nitrogen and oxygen atoms in total. The van der Waals surface area contributed by atoms with Gasteiger partial charge >= 0.3 is 0 Å². The molecule has 1 aliphatic heterocycles. The summed E-state index contributed by atoms with van der Waals surface area (Å²) in [5.74, 6) is 0.229. The minimum absolute atomic E-state index is 0.229. The van der Waals surface area contributed by atoms with Crippen molar-refractivity contribution in [2.75, 3.05) is 6.54 Å². The van der Waals surface area contributed by atoms with Crippen molar-refractivity contribution in [3.8, 4) is 0 Å². The van der Waals surface area contributed by atoms with Crippen LogP contribution in [0.15, 0.2) is 24.5 Å². The first kappa shape index (κ1) is 12.0. The molecule has 1 N–H and O–H groups in total. The molecule has 0 aliphatic carbocycles. The highest BCUT2D eigenvalue weighted by atomic mass is 16.2. The topological polar surface area (TPSA) is 45.2 Å². The van der Waals surface area contributed by atoms with Crippen LogP contribution >= 0.6 is 0 Å². The largest absolute Gasteiger partial charge is 0.337 e. The van der Waals surface area contributed by atoms with E-state index in [1.807, 2.05) is 23.2 Å². The van der Waals surface area contributed by atoms with E-state index in [9.17, 15) is 4.79 Å². The summed E-state index contributed by atoms with van der Waals surface area (Å²) in [6.07, 6.45) is 4.17. The summed E-state index contributed by atoms with van der Waals surface area (Å²) >= 11 is 0. The van der Waals surface area contributed by atoms with E-state index < -0.39 is 0 Å². The lowest BCUT2D eigenvalue weighted by Gasteiger charge is -2.18. The van der Waals surface area contributed by atoms with Crippen molar-refractivity contribution in [2.24, 2.45) is 0 Å². The Morgan fingerprint density at radius 2 is 2.41 bits per heavy atom. The molecule has 92 valence electrons. The van der Waals surface area contributed by atoms with Gasteiger partial charge in [-0.15, -0.1) is 0 Å². The smallest absolute Gasteiger partial charge is 0.224 e. The van der Waals surface area contributed by atoms with Gasteiger partial charge in [-0.25, -0.2) is 0 Å². The van der Waals surface area contributed by atoms with Gasteiger partial charge in [0.1, 0.15) is 0 Å². The number of amides is 1. The van der Waals surface area contributed by atoms with Gasteiger partial charge in [-0.3, -0.25) is 9.78 Å². The molecule has 1 unspecified atom stereocenters. The highest BCUT2D eigenvalue weighted by Gasteiger charge is 2.29. The third-order valence-corrected chi connectivity index (χ3v) is 2.88. The molecule has 4 heteroatoms. The van der Waals surface area contributed by atoms with Crippen molar-refractivity contribution in [3.63, 3.8) is 0 Å². The van der Waals surface area contributed by atoms with Gasteiger partial charge in [0.15, 0.2) is 0 Å². The van der Waals surface area contributed by atoms with Gasteiger partial charge in [-0.1, -0.05) is 19.9 Å². The normalized spacial score (nSPS) is 20.3. The number of nitrogens with zero attached hydrogens (tertiary/aromatic N) is 2. The molecule has 0 saturated carbocycles. The second-order valence-electron chi connectivity index (χ2n) is 4.86. The first-order valence-electron chi connectivity index (χ1n) is 6.08. The molecule has 2 heterocycles. The number of rotatable bonds is 4. The Kier molecular flexibility index (Phi) is 3.74. The second-order valence-corrected chi connectivity index (χ2v) is 4.86. The molecule has 0 bridgehead atoms. The van der Waals surface area contributed by atoms with Crippen LogP contribution < -0.4 is 5.32 Å². The third-order valence-electron chi connectivity index (χ3n) is 2.88. The third kappa shape index (κ3) is 3.27. The first-order valence-corrected chi connectivity index (χ1v) is 6.08. The number of aromatic nitrogens is 1. The number of hydrogen-bond donors (Lipinski definition) is 1. The van der Waals surface area contributed by atoms with E-state index in [0.29, 0.717) is 25.0 Å². The molecular weight excluding hydrogens is 214 g/mol. The van der Waals surface area contributed by atoms with Gasteiger partial charge in [0.05, 0.1) is 0 Å². The molecule has 1 fully saturated rings. The van der Waals surface area contributed by atoms with Crippen molar-refractivity contribution in [1.29, 1.82) is 0 Å². The van der Waals surface area contributed by atoms with Crippen molar-refractivity contribution >= 4 is 5.91 Å². The Labute approximate surface area is 102 Å². The standard InChI is InChI=1S/C13H19N3O/c1-10(2)15-12-6-13(17)16(9-12)8-11-4-3-5-14-7-11/h3-5,7,10,12,15H,6,8-9H2,1-2H3. The molecule has 1 aliphatic rings. The lowest BCUT2D eigenvalue weighted by molar-refractivity contribution is -0.128. The minimum atomic E-state index is 0.229. The molecule has 2 rings (SSSR count). The zero-order valence-electron chi connectivity index (χ0n) is 10.4. The van der Waals surface area contributed by atoms with E-state index in [-0.39, 0.29) is 5.91 Å². The zero-order chi connectivity index (χ0) is 12.3. The van der Waals surface area contributed by atoms with Crippen LogP contribution in [0.2, 0.25) is 0 Å². The van der Waals surface area contributed by atoms with Crippen LogP contribution in [0.5, 0.6) is 0 Å². The van der Waals surface area contributed by atoms with Gasteiger partial charge in [0.25, 0.3) is 0 Å². The minimum Gasteiger partial charge on any atom is -0.337 e. The van der Waals surface area contributed by atoms with Crippen molar-refractivity contribution in [1.82, 2.24) is 15.2 Å². The Morgan fingerprint density at radius 3 is 3.06 bits per heavy atom. The molecule has 1 saturated heterocycles. The molecular formula is C13H19N3O. The van der Waals surface area contributed by atoms with Crippen molar-refractivity contribution in [3.05, 3.63) is 30.1 Å². The van der Waals surface area contributed by atoms with Crippen LogP contribution in [0.4, 0.5) is 0 Å². The van der Waals surface area contributed by atoms with Gasteiger partial charge in [-0.2, -0.15) is 0 Å². The van der Waals surface area contributed by atoms with Gasteiger partial charge in [0.2, 0.25) is 5.91 Å². The molecule has 1 aromatic rings.